The van der Waals surface area contributed by atoms with Gasteiger partial charge < -0.3 is 5.11 Å². The number of carboxylic acid groups (broad SMARTS) is 1. The van der Waals surface area contributed by atoms with E-state index in [9.17, 15) is 13.2 Å². The number of unbranched alkanes of at least 4 members (excludes halogenated alkanes) is 1. The Kier molecular flexibility index (Phi) is 4.49. The van der Waals surface area contributed by atoms with Gasteiger partial charge in [-0.15, -0.1) is 11.3 Å². The van der Waals surface area contributed by atoms with Crippen molar-refractivity contribution in [1.82, 2.24) is 0 Å². The maximum absolute atomic E-state index is 11.6. The van der Waals surface area contributed by atoms with Gasteiger partial charge in [0.05, 0.1) is 11.5 Å². The Morgan fingerprint density at radius 1 is 1.50 bits per heavy atom. The summed E-state index contributed by atoms with van der Waals surface area (Å²) in [6.07, 6.45) is 1.43. The standard InChI is InChI=1S/C10H14O4S2/c1-2-3-6-16(13,14)7-8-4-5-15-9(8)10(11)12/h4-5H,2-3,6-7H2,1H3,(H,11,12). The van der Waals surface area contributed by atoms with E-state index in [4.69, 9.17) is 5.11 Å². The van der Waals surface area contributed by atoms with Crippen molar-refractivity contribution in [3.05, 3.63) is 21.9 Å². The average molecular weight is 262 g/mol. The molecule has 0 amide bonds. The highest BCUT2D eigenvalue weighted by atomic mass is 32.2. The van der Waals surface area contributed by atoms with Gasteiger partial charge in [0, 0.05) is 0 Å². The fourth-order valence-corrected chi connectivity index (χ4v) is 3.75. The molecule has 0 spiro atoms. The molecular weight excluding hydrogens is 248 g/mol. The topological polar surface area (TPSA) is 71.4 Å². The number of carbonyl (C=O) groups is 1. The summed E-state index contributed by atoms with van der Waals surface area (Å²) < 4.78 is 23.3. The first-order valence-corrected chi connectivity index (χ1v) is 7.66. The summed E-state index contributed by atoms with van der Waals surface area (Å²) in [6, 6.07) is 1.57. The number of hydrogen-bond acceptors (Lipinski definition) is 4. The molecule has 0 aliphatic heterocycles. The van der Waals surface area contributed by atoms with Crippen molar-refractivity contribution in [3.8, 4) is 0 Å². The molecule has 4 nitrogen and oxygen atoms in total. The summed E-state index contributed by atoms with van der Waals surface area (Å²) in [5, 5.41) is 10.4. The predicted molar refractivity (Wildman–Crippen MR) is 63.7 cm³/mol. The van der Waals surface area contributed by atoms with Crippen LogP contribution in [-0.4, -0.2) is 25.2 Å². The molecule has 0 saturated heterocycles. The largest absolute Gasteiger partial charge is 0.477 e. The van der Waals surface area contributed by atoms with E-state index in [-0.39, 0.29) is 16.4 Å². The van der Waals surface area contributed by atoms with Gasteiger partial charge in [-0.2, -0.15) is 0 Å². The van der Waals surface area contributed by atoms with Crippen molar-refractivity contribution < 1.29 is 18.3 Å². The summed E-state index contributed by atoms with van der Waals surface area (Å²) in [5.74, 6) is -1.10. The van der Waals surface area contributed by atoms with Gasteiger partial charge in [0.2, 0.25) is 0 Å². The average Bonchev–Trinajstić information content (AvgIpc) is 2.62. The van der Waals surface area contributed by atoms with E-state index in [1.54, 1.807) is 11.4 Å². The number of hydrogen-bond donors (Lipinski definition) is 1. The van der Waals surface area contributed by atoms with E-state index in [1.807, 2.05) is 6.92 Å². The Bertz CT molecular complexity index is 459. The maximum atomic E-state index is 11.6. The summed E-state index contributed by atoms with van der Waals surface area (Å²) in [7, 11) is -3.18. The number of sulfone groups is 1. The van der Waals surface area contributed by atoms with Crippen LogP contribution in [0.15, 0.2) is 11.4 Å². The van der Waals surface area contributed by atoms with Crippen LogP contribution in [0.5, 0.6) is 0 Å². The van der Waals surface area contributed by atoms with Crippen LogP contribution in [0.4, 0.5) is 0 Å². The van der Waals surface area contributed by atoms with E-state index in [2.05, 4.69) is 0 Å². The lowest BCUT2D eigenvalue weighted by atomic mass is 10.3. The predicted octanol–water partition coefficient (Wildman–Crippen LogP) is 2.16. The molecule has 6 heteroatoms. The monoisotopic (exact) mass is 262 g/mol. The number of thiophene rings is 1. The Morgan fingerprint density at radius 2 is 2.19 bits per heavy atom. The molecule has 0 aliphatic carbocycles. The van der Waals surface area contributed by atoms with Crippen molar-refractivity contribution >= 4 is 27.1 Å². The molecule has 90 valence electrons. The summed E-state index contributed by atoms with van der Waals surface area (Å²) >= 11 is 1.06. The first kappa shape index (κ1) is 13.2. The van der Waals surface area contributed by atoms with Crippen molar-refractivity contribution in [3.63, 3.8) is 0 Å². The molecule has 1 rings (SSSR count). The van der Waals surface area contributed by atoms with Crippen molar-refractivity contribution in [1.29, 1.82) is 0 Å². The minimum atomic E-state index is -3.18. The molecule has 16 heavy (non-hydrogen) atoms. The first-order chi connectivity index (χ1) is 7.46. The van der Waals surface area contributed by atoms with Gasteiger partial charge in [0.25, 0.3) is 0 Å². The molecule has 0 fully saturated rings. The van der Waals surface area contributed by atoms with E-state index >= 15 is 0 Å². The molecule has 0 saturated carbocycles. The molecule has 1 aromatic heterocycles. The zero-order valence-corrected chi connectivity index (χ0v) is 10.6. The smallest absolute Gasteiger partial charge is 0.346 e. The lowest BCUT2D eigenvalue weighted by molar-refractivity contribution is 0.0701. The van der Waals surface area contributed by atoms with Gasteiger partial charge >= 0.3 is 5.97 Å². The Labute approximate surface area is 98.8 Å². The third kappa shape index (κ3) is 3.61. The quantitative estimate of drug-likeness (QED) is 0.852. The van der Waals surface area contributed by atoms with Crippen LogP contribution in [0.2, 0.25) is 0 Å². The van der Waals surface area contributed by atoms with Crippen LogP contribution in [0.25, 0.3) is 0 Å². The number of carboxylic acids is 1. The summed E-state index contributed by atoms with van der Waals surface area (Å²) in [4.78, 5) is 10.9. The van der Waals surface area contributed by atoms with Crippen LogP contribution >= 0.6 is 11.3 Å². The molecule has 0 bridgehead atoms. The second kappa shape index (κ2) is 5.45. The molecule has 0 aromatic carbocycles. The van der Waals surface area contributed by atoms with Gasteiger partial charge in [-0.05, 0) is 23.4 Å². The Hall–Kier alpha value is -0.880. The lowest BCUT2D eigenvalue weighted by Crippen LogP contribution is -2.10. The van der Waals surface area contributed by atoms with Crippen LogP contribution < -0.4 is 0 Å². The highest BCUT2D eigenvalue weighted by Crippen LogP contribution is 2.19. The second-order valence-electron chi connectivity index (χ2n) is 3.53. The zero-order chi connectivity index (χ0) is 12.2. The van der Waals surface area contributed by atoms with Crippen molar-refractivity contribution in [2.45, 2.75) is 25.5 Å². The zero-order valence-electron chi connectivity index (χ0n) is 8.97. The molecule has 1 aromatic rings. The van der Waals surface area contributed by atoms with Gasteiger partial charge in [-0.1, -0.05) is 13.3 Å². The second-order valence-corrected chi connectivity index (χ2v) is 6.63. The van der Waals surface area contributed by atoms with E-state index < -0.39 is 15.8 Å². The van der Waals surface area contributed by atoms with Crippen LogP contribution in [-0.2, 0) is 15.6 Å². The molecule has 1 heterocycles. The van der Waals surface area contributed by atoms with Crippen LogP contribution in [0.3, 0.4) is 0 Å². The molecule has 0 unspecified atom stereocenters. The van der Waals surface area contributed by atoms with Crippen molar-refractivity contribution in [2.75, 3.05) is 5.75 Å². The minimum absolute atomic E-state index is 0.123. The van der Waals surface area contributed by atoms with E-state index in [0.717, 1.165) is 17.8 Å². The fourth-order valence-electron chi connectivity index (χ4n) is 1.31. The summed E-state index contributed by atoms with van der Waals surface area (Å²) in [6.45, 7) is 1.92. The normalized spacial score (nSPS) is 11.6. The van der Waals surface area contributed by atoms with Crippen LogP contribution in [0, 0.1) is 0 Å². The van der Waals surface area contributed by atoms with E-state index in [1.165, 1.54) is 0 Å². The summed E-state index contributed by atoms with van der Waals surface area (Å²) in [5.41, 5.74) is 0.397. The third-order valence-electron chi connectivity index (χ3n) is 2.13. The SMILES string of the molecule is CCCCS(=O)(=O)Cc1ccsc1C(=O)O. The molecule has 1 N–H and O–H groups in total. The van der Waals surface area contributed by atoms with Crippen molar-refractivity contribution in [2.24, 2.45) is 0 Å². The highest BCUT2D eigenvalue weighted by molar-refractivity contribution is 7.90. The third-order valence-corrected chi connectivity index (χ3v) is 4.73. The number of rotatable bonds is 6. The lowest BCUT2D eigenvalue weighted by Gasteiger charge is -2.02. The Morgan fingerprint density at radius 3 is 2.75 bits per heavy atom. The molecule has 0 atom stereocenters. The van der Waals surface area contributed by atoms with Gasteiger partial charge in [0.1, 0.15) is 4.88 Å². The minimum Gasteiger partial charge on any atom is -0.477 e. The first-order valence-electron chi connectivity index (χ1n) is 4.96. The molecule has 0 radical (unpaired) electrons. The maximum Gasteiger partial charge on any atom is 0.346 e. The molecular formula is C10H14O4S2. The van der Waals surface area contributed by atoms with Gasteiger partial charge in [0.15, 0.2) is 9.84 Å². The highest BCUT2D eigenvalue weighted by Gasteiger charge is 2.18. The molecule has 0 aliphatic rings. The van der Waals surface area contributed by atoms with Crippen LogP contribution in [0.1, 0.15) is 35.0 Å². The number of aromatic carboxylic acids is 1. The van der Waals surface area contributed by atoms with Gasteiger partial charge in [-0.25, -0.2) is 13.2 Å². The van der Waals surface area contributed by atoms with E-state index in [0.29, 0.717) is 12.0 Å². The fraction of sp³-hybridized carbons (Fsp3) is 0.500. The Balaban J connectivity index is 2.80. The van der Waals surface area contributed by atoms with Gasteiger partial charge in [-0.3, -0.25) is 0 Å².